The summed E-state index contributed by atoms with van der Waals surface area (Å²) >= 11 is 5.97. The van der Waals surface area contributed by atoms with Gasteiger partial charge in [0.15, 0.2) is 6.61 Å². The van der Waals surface area contributed by atoms with Gasteiger partial charge >= 0.3 is 5.97 Å². The van der Waals surface area contributed by atoms with Gasteiger partial charge in [-0.1, -0.05) is 30.7 Å². The molecular formula is C16H22ClNO4. The highest BCUT2D eigenvalue weighted by Crippen LogP contribution is 2.22. The minimum atomic E-state index is -0.302. The lowest BCUT2D eigenvalue weighted by Gasteiger charge is -2.22. The number of amides is 1. The van der Waals surface area contributed by atoms with E-state index in [9.17, 15) is 9.59 Å². The van der Waals surface area contributed by atoms with E-state index < -0.39 is 0 Å². The first-order valence-electron chi connectivity index (χ1n) is 7.39. The van der Waals surface area contributed by atoms with Crippen LogP contribution in [0.25, 0.3) is 0 Å². The van der Waals surface area contributed by atoms with E-state index in [-0.39, 0.29) is 24.9 Å². The fourth-order valence-electron chi connectivity index (χ4n) is 1.88. The molecule has 0 heterocycles. The number of halogens is 1. The van der Waals surface area contributed by atoms with Gasteiger partial charge in [-0.25, -0.2) is 0 Å². The molecule has 1 aromatic carbocycles. The summed E-state index contributed by atoms with van der Waals surface area (Å²) in [6.45, 7) is 4.87. The predicted octanol–water partition coefficient (Wildman–Crippen LogP) is 2.91. The van der Waals surface area contributed by atoms with Crippen molar-refractivity contribution < 1.29 is 19.1 Å². The number of nitrogens with zero attached hydrogens (tertiary/aromatic N) is 1. The molecule has 1 rings (SSSR count). The number of benzene rings is 1. The zero-order chi connectivity index (χ0) is 16.4. The summed E-state index contributed by atoms with van der Waals surface area (Å²) in [6.07, 6.45) is 0.992. The molecule has 0 fully saturated rings. The lowest BCUT2D eigenvalue weighted by Crippen LogP contribution is -2.37. The van der Waals surface area contributed by atoms with E-state index in [0.717, 1.165) is 6.42 Å². The molecule has 0 aromatic heterocycles. The van der Waals surface area contributed by atoms with E-state index in [4.69, 9.17) is 21.1 Å². The molecule has 0 aliphatic heterocycles. The second-order valence-corrected chi connectivity index (χ2v) is 5.06. The third-order valence-corrected chi connectivity index (χ3v) is 3.24. The van der Waals surface area contributed by atoms with Gasteiger partial charge in [0.05, 0.1) is 18.1 Å². The average Bonchev–Trinajstić information content (AvgIpc) is 2.50. The minimum absolute atomic E-state index is 0.105. The van der Waals surface area contributed by atoms with Crippen LogP contribution in [0, 0.1) is 0 Å². The zero-order valence-corrected chi connectivity index (χ0v) is 13.8. The van der Waals surface area contributed by atoms with Gasteiger partial charge in [0.2, 0.25) is 0 Å². The highest BCUT2D eigenvalue weighted by Gasteiger charge is 2.15. The molecule has 22 heavy (non-hydrogen) atoms. The van der Waals surface area contributed by atoms with E-state index in [1.54, 1.807) is 36.1 Å². The lowest BCUT2D eigenvalue weighted by molar-refractivity contribution is -0.144. The number of ether oxygens (including phenoxy) is 2. The molecule has 0 saturated carbocycles. The third kappa shape index (κ3) is 6.35. The SMILES string of the molecule is CCCN(CCC(=O)OCC)C(=O)COc1ccccc1Cl. The first-order chi connectivity index (χ1) is 10.6. The number of rotatable bonds is 9. The Morgan fingerprint density at radius 1 is 1.18 bits per heavy atom. The maximum atomic E-state index is 12.2. The summed E-state index contributed by atoms with van der Waals surface area (Å²) in [6, 6.07) is 6.99. The van der Waals surface area contributed by atoms with Gasteiger partial charge in [0.1, 0.15) is 5.75 Å². The van der Waals surface area contributed by atoms with Crippen molar-refractivity contribution in [2.45, 2.75) is 26.7 Å². The molecule has 1 amide bonds. The van der Waals surface area contributed by atoms with Gasteiger partial charge in [-0.15, -0.1) is 0 Å². The van der Waals surface area contributed by atoms with Crippen LogP contribution in [0.15, 0.2) is 24.3 Å². The Morgan fingerprint density at radius 2 is 1.91 bits per heavy atom. The molecule has 0 atom stereocenters. The summed E-state index contributed by atoms with van der Waals surface area (Å²) in [5, 5.41) is 0.462. The Morgan fingerprint density at radius 3 is 2.55 bits per heavy atom. The second kappa shape index (κ2) is 10.1. The molecule has 0 bridgehead atoms. The van der Waals surface area contributed by atoms with Crippen LogP contribution in [-0.4, -0.2) is 43.1 Å². The Hall–Kier alpha value is -1.75. The van der Waals surface area contributed by atoms with Gasteiger partial charge in [-0.2, -0.15) is 0 Å². The van der Waals surface area contributed by atoms with E-state index in [0.29, 0.717) is 30.5 Å². The average molecular weight is 328 g/mol. The van der Waals surface area contributed by atoms with Crippen LogP contribution in [0.4, 0.5) is 0 Å². The van der Waals surface area contributed by atoms with Crippen molar-refractivity contribution in [3.05, 3.63) is 29.3 Å². The van der Waals surface area contributed by atoms with Crippen LogP contribution in [0.5, 0.6) is 5.75 Å². The molecule has 0 unspecified atom stereocenters. The van der Waals surface area contributed by atoms with Gasteiger partial charge in [-0.05, 0) is 25.5 Å². The van der Waals surface area contributed by atoms with Gasteiger partial charge in [0, 0.05) is 13.1 Å². The number of carbonyl (C=O) groups is 2. The van der Waals surface area contributed by atoms with Crippen molar-refractivity contribution in [1.29, 1.82) is 0 Å². The second-order valence-electron chi connectivity index (χ2n) is 4.65. The molecule has 0 radical (unpaired) electrons. The monoisotopic (exact) mass is 327 g/mol. The number of hydrogen-bond donors (Lipinski definition) is 0. The Bertz CT molecular complexity index is 493. The van der Waals surface area contributed by atoms with Gasteiger partial charge in [-0.3, -0.25) is 9.59 Å². The topological polar surface area (TPSA) is 55.8 Å². The maximum absolute atomic E-state index is 12.2. The van der Waals surface area contributed by atoms with Crippen LogP contribution in [0.3, 0.4) is 0 Å². The largest absolute Gasteiger partial charge is 0.482 e. The van der Waals surface area contributed by atoms with Crippen LogP contribution in [-0.2, 0) is 14.3 Å². The maximum Gasteiger partial charge on any atom is 0.307 e. The zero-order valence-electron chi connectivity index (χ0n) is 13.0. The third-order valence-electron chi connectivity index (χ3n) is 2.93. The normalized spacial score (nSPS) is 10.1. The van der Waals surface area contributed by atoms with Gasteiger partial charge in [0.25, 0.3) is 5.91 Å². The van der Waals surface area contributed by atoms with Crippen molar-refractivity contribution in [1.82, 2.24) is 4.90 Å². The van der Waals surface area contributed by atoms with Crippen molar-refractivity contribution in [2.24, 2.45) is 0 Å². The van der Waals surface area contributed by atoms with E-state index >= 15 is 0 Å². The molecule has 0 aliphatic carbocycles. The van der Waals surface area contributed by atoms with Crippen molar-refractivity contribution in [3.63, 3.8) is 0 Å². The quantitative estimate of drug-likeness (QED) is 0.654. The van der Waals surface area contributed by atoms with E-state index in [1.807, 2.05) is 6.92 Å². The molecule has 6 heteroatoms. The first kappa shape index (κ1) is 18.3. The number of hydrogen-bond acceptors (Lipinski definition) is 4. The molecule has 1 aromatic rings. The number of carbonyl (C=O) groups excluding carboxylic acids is 2. The Kier molecular flexibility index (Phi) is 8.36. The number of esters is 1. The van der Waals surface area contributed by atoms with Crippen LogP contribution in [0.2, 0.25) is 5.02 Å². The fourth-order valence-corrected chi connectivity index (χ4v) is 2.07. The minimum Gasteiger partial charge on any atom is -0.482 e. The highest BCUT2D eigenvalue weighted by atomic mass is 35.5. The molecule has 0 spiro atoms. The molecule has 122 valence electrons. The lowest BCUT2D eigenvalue weighted by atomic mass is 10.3. The summed E-state index contributed by atoms with van der Waals surface area (Å²) < 4.78 is 10.3. The summed E-state index contributed by atoms with van der Waals surface area (Å²) in [5.74, 6) is -0.00569. The van der Waals surface area contributed by atoms with Crippen LogP contribution in [0.1, 0.15) is 26.7 Å². The predicted molar refractivity (Wildman–Crippen MR) is 85.1 cm³/mol. The summed E-state index contributed by atoms with van der Waals surface area (Å²) in [4.78, 5) is 25.2. The van der Waals surface area contributed by atoms with Crippen LogP contribution < -0.4 is 4.74 Å². The van der Waals surface area contributed by atoms with E-state index in [2.05, 4.69) is 0 Å². The van der Waals surface area contributed by atoms with Crippen molar-refractivity contribution in [3.8, 4) is 5.75 Å². The van der Waals surface area contributed by atoms with Crippen molar-refractivity contribution in [2.75, 3.05) is 26.3 Å². The Balaban J connectivity index is 2.50. The van der Waals surface area contributed by atoms with Crippen LogP contribution >= 0.6 is 11.6 Å². The molecular weight excluding hydrogens is 306 g/mol. The number of para-hydroxylation sites is 1. The summed E-state index contributed by atoms with van der Waals surface area (Å²) in [7, 11) is 0. The Labute approximate surface area is 136 Å². The first-order valence-corrected chi connectivity index (χ1v) is 7.77. The van der Waals surface area contributed by atoms with Crippen molar-refractivity contribution >= 4 is 23.5 Å². The summed E-state index contributed by atoms with van der Waals surface area (Å²) in [5.41, 5.74) is 0. The molecule has 0 N–H and O–H groups in total. The molecule has 5 nitrogen and oxygen atoms in total. The smallest absolute Gasteiger partial charge is 0.307 e. The van der Waals surface area contributed by atoms with E-state index in [1.165, 1.54) is 0 Å². The molecule has 0 saturated heterocycles. The molecule has 0 aliphatic rings. The standard InChI is InChI=1S/C16H22ClNO4/c1-3-10-18(11-9-16(20)21-4-2)15(19)12-22-14-8-6-5-7-13(14)17/h5-8H,3-4,9-12H2,1-2H3. The van der Waals surface area contributed by atoms with Gasteiger partial charge < -0.3 is 14.4 Å². The fraction of sp³-hybridized carbons (Fsp3) is 0.500. The highest BCUT2D eigenvalue weighted by molar-refractivity contribution is 6.32.